The van der Waals surface area contributed by atoms with E-state index in [-0.39, 0.29) is 29.1 Å². The SMILES string of the molecule is CC(=O)CCc1ccc(OCC(=O)NCc2ccc(S(=O)(=O)N3CCOCC3)s2)cc1. The lowest BCUT2D eigenvalue weighted by atomic mass is 10.1. The minimum atomic E-state index is -3.52. The van der Waals surface area contributed by atoms with Crippen LogP contribution < -0.4 is 10.1 Å². The monoisotopic (exact) mass is 466 g/mol. The molecule has 2 aromatic rings. The van der Waals surface area contributed by atoms with Gasteiger partial charge in [-0.3, -0.25) is 4.79 Å². The number of ether oxygens (including phenoxy) is 2. The van der Waals surface area contributed by atoms with Gasteiger partial charge in [-0.15, -0.1) is 11.3 Å². The highest BCUT2D eigenvalue weighted by atomic mass is 32.2. The summed E-state index contributed by atoms with van der Waals surface area (Å²) in [6.07, 6.45) is 1.18. The van der Waals surface area contributed by atoms with Gasteiger partial charge in [-0.05, 0) is 43.2 Å². The van der Waals surface area contributed by atoms with Crippen molar-refractivity contribution in [2.45, 2.75) is 30.5 Å². The first-order valence-electron chi connectivity index (χ1n) is 9.99. The Morgan fingerprint density at radius 3 is 2.52 bits per heavy atom. The number of hydrogen-bond donors (Lipinski definition) is 1. The average molecular weight is 467 g/mol. The first-order chi connectivity index (χ1) is 14.8. The summed E-state index contributed by atoms with van der Waals surface area (Å²) in [6.45, 7) is 3.15. The molecule has 1 saturated heterocycles. The number of amides is 1. The molecule has 168 valence electrons. The number of carbonyl (C=O) groups excluding carboxylic acids is 2. The van der Waals surface area contributed by atoms with Crippen LogP contribution in [-0.4, -0.2) is 57.3 Å². The summed E-state index contributed by atoms with van der Waals surface area (Å²) in [5, 5.41) is 2.74. The number of benzene rings is 1. The fraction of sp³-hybridized carbons (Fsp3) is 0.429. The molecule has 1 aromatic carbocycles. The predicted octanol–water partition coefficient (Wildman–Crippen LogP) is 1.99. The van der Waals surface area contributed by atoms with Crippen molar-refractivity contribution in [3.05, 3.63) is 46.8 Å². The van der Waals surface area contributed by atoms with Crippen LogP contribution in [-0.2, 0) is 37.3 Å². The number of ketones is 1. The quantitative estimate of drug-likeness (QED) is 0.575. The Morgan fingerprint density at radius 1 is 1.13 bits per heavy atom. The van der Waals surface area contributed by atoms with Crippen molar-refractivity contribution in [3.8, 4) is 5.75 Å². The normalized spacial score (nSPS) is 14.9. The number of hydrogen-bond acceptors (Lipinski definition) is 7. The van der Waals surface area contributed by atoms with Gasteiger partial charge in [0.15, 0.2) is 6.61 Å². The molecule has 0 atom stereocenters. The highest BCUT2D eigenvalue weighted by molar-refractivity contribution is 7.91. The third-order valence-electron chi connectivity index (χ3n) is 4.72. The summed E-state index contributed by atoms with van der Waals surface area (Å²) in [5.41, 5.74) is 1.03. The maximum atomic E-state index is 12.7. The molecule has 0 aliphatic carbocycles. The van der Waals surface area contributed by atoms with Crippen molar-refractivity contribution in [2.24, 2.45) is 0 Å². The van der Waals surface area contributed by atoms with Crippen LogP contribution in [0.3, 0.4) is 0 Å². The summed E-state index contributed by atoms with van der Waals surface area (Å²) in [5.74, 6) is 0.414. The summed E-state index contributed by atoms with van der Waals surface area (Å²) in [7, 11) is -3.52. The van der Waals surface area contributed by atoms with E-state index in [4.69, 9.17) is 9.47 Å². The predicted molar refractivity (Wildman–Crippen MR) is 117 cm³/mol. The minimum absolute atomic E-state index is 0.142. The van der Waals surface area contributed by atoms with Gasteiger partial charge in [0.25, 0.3) is 15.9 Å². The van der Waals surface area contributed by atoms with Gasteiger partial charge in [0, 0.05) is 24.4 Å². The second-order valence-electron chi connectivity index (χ2n) is 7.15. The Balaban J connectivity index is 1.44. The van der Waals surface area contributed by atoms with E-state index in [9.17, 15) is 18.0 Å². The first-order valence-corrected chi connectivity index (χ1v) is 12.2. The van der Waals surface area contributed by atoms with Crippen LogP contribution in [0, 0.1) is 0 Å². The van der Waals surface area contributed by atoms with Crippen molar-refractivity contribution >= 4 is 33.1 Å². The molecule has 1 amide bonds. The van der Waals surface area contributed by atoms with Gasteiger partial charge in [0.1, 0.15) is 15.7 Å². The van der Waals surface area contributed by atoms with Crippen LogP contribution in [0.5, 0.6) is 5.75 Å². The lowest BCUT2D eigenvalue weighted by molar-refractivity contribution is -0.123. The van der Waals surface area contributed by atoms with Crippen molar-refractivity contribution in [3.63, 3.8) is 0 Å². The van der Waals surface area contributed by atoms with Crippen molar-refractivity contribution in [2.75, 3.05) is 32.9 Å². The van der Waals surface area contributed by atoms with Crippen LogP contribution in [0.15, 0.2) is 40.6 Å². The first kappa shape index (κ1) is 23.4. The van der Waals surface area contributed by atoms with E-state index >= 15 is 0 Å². The van der Waals surface area contributed by atoms with Crippen LogP contribution >= 0.6 is 11.3 Å². The fourth-order valence-corrected chi connectivity index (χ4v) is 5.82. The topological polar surface area (TPSA) is 102 Å². The number of nitrogens with one attached hydrogen (secondary N) is 1. The van der Waals surface area contributed by atoms with Crippen LogP contribution in [0.2, 0.25) is 0 Å². The molecule has 0 saturated carbocycles. The number of aryl methyl sites for hydroxylation is 1. The van der Waals surface area contributed by atoms with Crippen LogP contribution in [0.1, 0.15) is 23.8 Å². The number of carbonyl (C=O) groups is 2. The van der Waals surface area contributed by atoms with E-state index in [1.807, 2.05) is 12.1 Å². The van der Waals surface area contributed by atoms with Gasteiger partial charge in [0.2, 0.25) is 0 Å². The molecular weight excluding hydrogens is 440 g/mol. The summed E-state index contributed by atoms with van der Waals surface area (Å²) in [4.78, 5) is 23.9. The highest BCUT2D eigenvalue weighted by Gasteiger charge is 2.27. The van der Waals surface area contributed by atoms with E-state index in [1.165, 1.54) is 4.31 Å². The number of thiophene rings is 1. The highest BCUT2D eigenvalue weighted by Crippen LogP contribution is 2.25. The molecule has 1 aromatic heterocycles. The third-order valence-corrected chi connectivity index (χ3v) is 8.17. The zero-order valence-corrected chi connectivity index (χ0v) is 19.0. The third kappa shape index (κ3) is 6.86. The number of rotatable bonds is 10. The molecule has 8 nitrogen and oxygen atoms in total. The van der Waals surface area contributed by atoms with Crippen LogP contribution in [0.4, 0.5) is 0 Å². The van der Waals surface area contributed by atoms with Gasteiger partial charge in [0.05, 0.1) is 19.8 Å². The molecule has 31 heavy (non-hydrogen) atoms. The Morgan fingerprint density at radius 2 is 1.84 bits per heavy atom. The zero-order chi connectivity index (χ0) is 22.3. The molecular formula is C21H26N2O6S2. The van der Waals surface area contributed by atoms with E-state index in [0.29, 0.717) is 44.9 Å². The van der Waals surface area contributed by atoms with Gasteiger partial charge >= 0.3 is 0 Å². The molecule has 1 fully saturated rings. The molecule has 0 radical (unpaired) electrons. The lowest BCUT2D eigenvalue weighted by Gasteiger charge is -2.25. The second-order valence-corrected chi connectivity index (χ2v) is 10.5. The van der Waals surface area contributed by atoms with Crippen molar-refractivity contribution in [1.82, 2.24) is 9.62 Å². The maximum Gasteiger partial charge on any atom is 0.258 e. The summed E-state index contributed by atoms with van der Waals surface area (Å²) >= 11 is 1.15. The fourth-order valence-electron chi connectivity index (χ4n) is 2.96. The minimum Gasteiger partial charge on any atom is -0.484 e. The van der Waals surface area contributed by atoms with Crippen molar-refractivity contribution < 1.29 is 27.5 Å². The second kappa shape index (κ2) is 10.9. The molecule has 1 aliphatic heterocycles. The Bertz CT molecular complexity index is 995. The molecule has 1 aliphatic rings. The van der Waals surface area contributed by atoms with Gasteiger partial charge in [-0.2, -0.15) is 4.31 Å². The molecule has 0 unspecified atom stereocenters. The smallest absolute Gasteiger partial charge is 0.258 e. The van der Waals surface area contributed by atoms with E-state index in [2.05, 4.69) is 5.32 Å². The number of sulfonamides is 1. The average Bonchev–Trinajstić information content (AvgIpc) is 3.26. The van der Waals surface area contributed by atoms with Gasteiger partial charge in [-0.1, -0.05) is 12.1 Å². The molecule has 2 heterocycles. The Kier molecular flexibility index (Phi) is 8.19. The molecule has 0 bridgehead atoms. The van der Waals surface area contributed by atoms with E-state index in [1.54, 1.807) is 31.2 Å². The van der Waals surface area contributed by atoms with E-state index < -0.39 is 10.0 Å². The number of nitrogens with zero attached hydrogens (tertiary/aromatic N) is 1. The van der Waals surface area contributed by atoms with Gasteiger partial charge < -0.3 is 19.6 Å². The standard InChI is InChI=1S/C21H26N2O6S2/c1-16(24)2-3-17-4-6-18(7-5-17)29-15-20(25)22-14-19-8-9-21(30-19)31(26,27)23-10-12-28-13-11-23/h4-9H,2-3,10-15H2,1H3,(H,22,25). The maximum absolute atomic E-state index is 12.7. The zero-order valence-electron chi connectivity index (χ0n) is 17.3. The van der Waals surface area contributed by atoms with Gasteiger partial charge in [-0.25, -0.2) is 8.42 Å². The lowest BCUT2D eigenvalue weighted by Crippen LogP contribution is -2.40. The van der Waals surface area contributed by atoms with E-state index in [0.717, 1.165) is 21.8 Å². The van der Waals surface area contributed by atoms with Crippen LogP contribution in [0.25, 0.3) is 0 Å². The molecule has 0 spiro atoms. The molecule has 1 N–H and O–H groups in total. The van der Waals surface area contributed by atoms with Crippen molar-refractivity contribution in [1.29, 1.82) is 0 Å². The number of Topliss-reactive ketones (excluding diaryl/α,β-unsaturated/α-hetero) is 1. The number of morpholine rings is 1. The Labute approximate surface area is 186 Å². The largest absolute Gasteiger partial charge is 0.484 e. The molecule has 10 heteroatoms. The summed E-state index contributed by atoms with van der Waals surface area (Å²) in [6, 6.07) is 10.6. The summed E-state index contributed by atoms with van der Waals surface area (Å²) < 4.78 is 37.7. The molecule has 3 rings (SSSR count). The Hall–Kier alpha value is -2.27.